The molecule has 5 nitrogen and oxygen atoms in total. The van der Waals surface area contributed by atoms with Crippen LogP contribution in [0, 0.1) is 19.8 Å². The van der Waals surface area contributed by atoms with Crippen molar-refractivity contribution in [3.05, 3.63) is 59.2 Å². The van der Waals surface area contributed by atoms with Crippen molar-refractivity contribution in [1.82, 2.24) is 5.32 Å². The number of hydrogen-bond donors (Lipinski definition) is 3. The van der Waals surface area contributed by atoms with Crippen LogP contribution >= 0.6 is 12.2 Å². The molecule has 0 aliphatic carbocycles. The summed E-state index contributed by atoms with van der Waals surface area (Å²) in [4.78, 5) is 24.1. The summed E-state index contributed by atoms with van der Waals surface area (Å²) < 4.78 is 0. The molecule has 0 heterocycles. The maximum atomic E-state index is 12.3. The van der Waals surface area contributed by atoms with E-state index in [1.807, 2.05) is 45.9 Å². The number of aryl methyl sites for hydroxylation is 2. The Bertz CT molecular complexity index is 826. The van der Waals surface area contributed by atoms with E-state index in [2.05, 4.69) is 16.0 Å². The van der Waals surface area contributed by atoms with Gasteiger partial charge in [0.15, 0.2) is 5.11 Å². The molecule has 2 amide bonds. The summed E-state index contributed by atoms with van der Waals surface area (Å²) in [7, 11) is 0. The van der Waals surface area contributed by atoms with Gasteiger partial charge in [-0.25, -0.2) is 0 Å². The van der Waals surface area contributed by atoms with Crippen LogP contribution in [0.1, 0.15) is 35.3 Å². The molecule has 2 aromatic carbocycles. The van der Waals surface area contributed by atoms with E-state index < -0.39 is 0 Å². The van der Waals surface area contributed by atoms with Crippen LogP contribution in [-0.2, 0) is 4.79 Å². The molecule has 0 fully saturated rings. The van der Waals surface area contributed by atoms with Crippen molar-refractivity contribution in [2.75, 3.05) is 10.6 Å². The van der Waals surface area contributed by atoms with Gasteiger partial charge in [0, 0.05) is 22.9 Å². The molecule has 0 aliphatic rings. The molecular weight excluding hydrogens is 346 g/mol. The number of rotatable bonds is 4. The summed E-state index contributed by atoms with van der Waals surface area (Å²) in [5, 5.41) is 8.65. The molecule has 0 aromatic heterocycles. The summed E-state index contributed by atoms with van der Waals surface area (Å²) in [5.41, 5.74) is 3.93. The quantitative estimate of drug-likeness (QED) is 0.712. The summed E-state index contributed by atoms with van der Waals surface area (Å²) in [5.74, 6) is -0.434. The lowest BCUT2D eigenvalue weighted by atomic mass is 10.1. The zero-order valence-electron chi connectivity index (χ0n) is 15.3. The molecule has 0 bridgehead atoms. The Hall–Kier alpha value is -2.73. The molecule has 6 heteroatoms. The Balaban J connectivity index is 2.01. The zero-order chi connectivity index (χ0) is 19.3. The minimum Gasteiger partial charge on any atom is -0.332 e. The first kappa shape index (κ1) is 19.6. The lowest BCUT2D eigenvalue weighted by molar-refractivity contribution is -0.118. The van der Waals surface area contributed by atoms with Gasteiger partial charge in [0.05, 0.1) is 0 Å². The number of benzene rings is 2. The van der Waals surface area contributed by atoms with E-state index in [-0.39, 0.29) is 22.8 Å². The highest BCUT2D eigenvalue weighted by atomic mass is 32.1. The fourth-order valence-electron chi connectivity index (χ4n) is 2.40. The standard InChI is InChI=1S/C20H23N3O2S/c1-12(2)18(24)21-16-6-5-7-17(11-16)22-20(26)23-19(25)15-9-13(3)8-14(4)10-15/h5-12H,1-4H3,(H,21,24)(H2,22,23,25,26). The predicted octanol–water partition coefficient (Wildman–Crippen LogP) is 4.02. The molecule has 0 spiro atoms. The van der Waals surface area contributed by atoms with Crippen molar-refractivity contribution in [2.45, 2.75) is 27.7 Å². The van der Waals surface area contributed by atoms with Crippen molar-refractivity contribution < 1.29 is 9.59 Å². The number of carbonyl (C=O) groups excluding carboxylic acids is 2. The number of anilines is 2. The highest BCUT2D eigenvalue weighted by Gasteiger charge is 2.10. The van der Waals surface area contributed by atoms with Crippen LogP contribution in [0.25, 0.3) is 0 Å². The third-order valence-corrected chi connectivity index (χ3v) is 3.83. The smallest absolute Gasteiger partial charge is 0.257 e. The van der Waals surface area contributed by atoms with E-state index in [0.29, 0.717) is 16.9 Å². The second kappa shape index (κ2) is 8.58. The molecule has 136 valence electrons. The van der Waals surface area contributed by atoms with Gasteiger partial charge in [0.25, 0.3) is 5.91 Å². The number of carbonyl (C=O) groups is 2. The SMILES string of the molecule is Cc1cc(C)cc(C(=O)NC(=S)Nc2cccc(NC(=O)C(C)C)c2)c1. The fraction of sp³-hybridized carbons (Fsp3) is 0.250. The van der Waals surface area contributed by atoms with Crippen LogP contribution in [0.4, 0.5) is 11.4 Å². The molecule has 0 saturated carbocycles. The fourth-order valence-corrected chi connectivity index (χ4v) is 2.62. The van der Waals surface area contributed by atoms with E-state index in [1.54, 1.807) is 24.3 Å². The summed E-state index contributed by atoms with van der Waals surface area (Å²) in [6, 6.07) is 12.8. The van der Waals surface area contributed by atoms with Crippen LogP contribution in [-0.4, -0.2) is 16.9 Å². The second-order valence-corrected chi connectivity index (χ2v) is 6.92. The van der Waals surface area contributed by atoms with Crippen LogP contribution in [0.3, 0.4) is 0 Å². The Morgan fingerprint density at radius 2 is 1.50 bits per heavy atom. The van der Waals surface area contributed by atoms with Crippen molar-refractivity contribution in [2.24, 2.45) is 5.92 Å². The van der Waals surface area contributed by atoms with E-state index in [1.165, 1.54) is 0 Å². The molecule has 0 saturated heterocycles. The van der Waals surface area contributed by atoms with Crippen LogP contribution in [0.2, 0.25) is 0 Å². The maximum absolute atomic E-state index is 12.3. The average Bonchev–Trinajstić information content (AvgIpc) is 2.53. The van der Waals surface area contributed by atoms with E-state index >= 15 is 0 Å². The first-order valence-corrected chi connectivity index (χ1v) is 8.77. The third-order valence-electron chi connectivity index (χ3n) is 3.62. The molecular formula is C20H23N3O2S. The molecule has 0 unspecified atom stereocenters. The lowest BCUT2D eigenvalue weighted by Crippen LogP contribution is -2.34. The minimum absolute atomic E-state index is 0.0622. The Labute approximate surface area is 159 Å². The van der Waals surface area contributed by atoms with Crippen LogP contribution in [0.15, 0.2) is 42.5 Å². The van der Waals surface area contributed by atoms with E-state index in [9.17, 15) is 9.59 Å². The molecule has 2 aromatic rings. The highest BCUT2D eigenvalue weighted by molar-refractivity contribution is 7.80. The minimum atomic E-state index is -0.265. The molecule has 0 radical (unpaired) electrons. The first-order valence-electron chi connectivity index (χ1n) is 8.36. The van der Waals surface area contributed by atoms with Gasteiger partial charge in [-0.05, 0) is 56.4 Å². The first-order chi connectivity index (χ1) is 12.2. The van der Waals surface area contributed by atoms with Crippen molar-refractivity contribution in [3.8, 4) is 0 Å². The average molecular weight is 369 g/mol. The number of nitrogens with one attached hydrogen (secondary N) is 3. The molecule has 0 aliphatic heterocycles. The summed E-state index contributed by atoms with van der Waals surface area (Å²) in [6.45, 7) is 7.54. The Morgan fingerprint density at radius 3 is 2.08 bits per heavy atom. The largest absolute Gasteiger partial charge is 0.332 e. The molecule has 3 N–H and O–H groups in total. The van der Waals surface area contributed by atoms with Gasteiger partial charge in [0.2, 0.25) is 5.91 Å². The topological polar surface area (TPSA) is 70.2 Å². The maximum Gasteiger partial charge on any atom is 0.257 e. The van der Waals surface area contributed by atoms with Crippen molar-refractivity contribution in [3.63, 3.8) is 0 Å². The van der Waals surface area contributed by atoms with Crippen molar-refractivity contribution >= 4 is 40.5 Å². The molecule has 26 heavy (non-hydrogen) atoms. The van der Waals surface area contributed by atoms with Crippen molar-refractivity contribution in [1.29, 1.82) is 0 Å². The number of hydrogen-bond acceptors (Lipinski definition) is 3. The predicted molar refractivity (Wildman–Crippen MR) is 110 cm³/mol. The van der Waals surface area contributed by atoms with Gasteiger partial charge in [0.1, 0.15) is 0 Å². The lowest BCUT2D eigenvalue weighted by Gasteiger charge is -2.12. The van der Waals surface area contributed by atoms with Gasteiger partial charge in [-0.3, -0.25) is 14.9 Å². The van der Waals surface area contributed by atoms with Crippen LogP contribution < -0.4 is 16.0 Å². The summed E-state index contributed by atoms with van der Waals surface area (Å²) >= 11 is 5.22. The normalized spacial score (nSPS) is 10.3. The van der Waals surface area contributed by atoms with Gasteiger partial charge in [-0.1, -0.05) is 37.1 Å². The monoisotopic (exact) mass is 369 g/mol. The van der Waals surface area contributed by atoms with E-state index in [0.717, 1.165) is 11.1 Å². The highest BCUT2D eigenvalue weighted by Crippen LogP contribution is 2.16. The van der Waals surface area contributed by atoms with E-state index in [4.69, 9.17) is 12.2 Å². The van der Waals surface area contributed by atoms with Gasteiger partial charge < -0.3 is 10.6 Å². The van der Waals surface area contributed by atoms with Gasteiger partial charge in [-0.2, -0.15) is 0 Å². The zero-order valence-corrected chi connectivity index (χ0v) is 16.2. The Kier molecular flexibility index (Phi) is 6.46. The number of amides is 2. The summed E-state index contributed by atoms with van der Waals surface area (Å²) in [6.07, 6.45) is 0. The molecule has 0 atom stereocenters. The Morgan fingerprint density at radius 1 is 0.923 bits per heavy atom. The van der Waals surface area contributed by atoms with Gasteiger partial charge in [-0.15, -0.1) is 0 Å². The number of thiocarbonyl (C=S) groups is 1. The van der Waals surface area contributed by atoms with Crippen LogP contribution in [0.5, 0.6) is 0 Å². The second-order valence-electron chi connectivity index (χ2n) is 6.51. The van der Waals surface area contributed by atoms with Gasteiger partial charge >= 0.3 is 0 Å². The third kappa shape index (κ3) is 5.67. The molecule has 2 rings (SSSR count).